The number of rotatable bonds is 1. The number of hydrogen-bond acceptors (Lipinski definition) is 2. The van der Waals surface area contributed by atoms with Crippen LogP contribution >= 0.6 is 11.6 Å². The summed E-state index contributed by atoms with van der Waals surface area (Å²) < 4.78 is 13.3. The lowest BCUT2D eigenvalue weighted by Gasteiger charge is -2.26. The molecule has 1 heterocycles. The standard InChI is InChI=1S/C15H12ClFN2/c1-9-14(10-4-2-5-11(17)8-10)19-15-12(16)6-3-7-13(15)18-9/h2-8,14,19H,1H3. The van der Waals surface area contributed by atoms with Crippen LogP contribution in [0.25, 0.3) is 0 Å². The average Bonchev–Trinajstić information content (AvgIpc) is 2.38. The van der Waals surface area contributed by atoms with Crippen LogP contribution in [0.5, 0.6) is 0 Å². The lowest BCUT2D eigenvalue weighted by atomic mass is 10.00. The van der Waals surface area contributed by atoms with E-state index in [4.69, 9.17) is 11.6 Å². The summed E-state index contributed by atoms with van der Waals surface area (Å²) in [6.45, 7) is 1.92. The molecule has 4 heteroatoms. The normalized spacial score (nSPS) is 17.4. The van der Waals surface area contributed by atoms with Crippen molar-refractivity contribution in [3.63, 3.8) is 0 Å². The molecule has 0 bridgehead atoms. The highest BCUT2D eigenvalue weighted by atomic mass is 35.5. The summed E-state index contributed by atoms with van der Waals surface area (Å²) in [4.78, 5) is 4.54. The fourth-order valence-corrected chi connectivity index (χ4v) is 2.49. The highest BCUT2D eigenvalue weighted by Gasteiger charge is 2.22. The number of hydrogen-bond donors (Lipinski definition) is 1. The van der Waals surface area contributed by atoms with Crippen molar-refractivity contribution in [2.24, 2.45) is 4.99 Å². The molecule has 1 aliphatic heterocycles. The molecule has 1 unspecified atom stereocenters. The molecule has 0 aromatic heterocycles. The maximum atomic E-state index is 13.3. The van der Waals surface area contributed by atoms with E-state index in [0.717, 1.165) is 22.6 Å². The molecule has 0 saturated carbocycles. The van der Waals surface area contributed by atoms with Crippen molar-refractivity contribution in [3.05, 3.63) is 58.9 Å². The lowest BCUT2D eigenvalue weighted by molar-refractivity contribution is 0.625. The van der Waals surface area contributed by atoms with Gasteiger partial charge >= 0.3 is 0 Å². The summed E-state index contributed by atoms with van der Waals surface area (Å²) in [5, 5.41) is 3.95. The molecule has 96 valence electrons. The van der Waals surface area contributed by atoms with E-state index in [2.05, 4.69) is 10.3 Å². The Morgan fingerprint density at radius 2 is 2.00 bits per heavy atom. The third-order valence-electron chi connectivity index (χ3n) is 3.18. The van der Waals surface area contributed by atoms with E-state index in [1.807, 2.05) is 31.2 Å². The van der Waals surface area contributed by atoms with Gasteiger partial charge in [0.1, 0.15) is 5.82 Å². The minimum absolute atomic E-state index is 0.150. The largest absolute Gasteiger partial charge is 0.370 e. The summed E-state index contributed by atoms with van der Waals surface area (Å²) in [6.07, 6.45) is 0. The Morgan fingerprint density at radius 1 is 1.21 bits per heavy atom. The van der Waals surface area contributed by atoms with Crippen molar-refractivity contribution in [2.75, 3.05) is 5.32 Å². The molecular formula is C15H12ClFN2. The van der Waals surface area contributed by atoms with Crippen LogP contribution in [0.4, 0.5) is 15.8 Å². The van der Waals surface area contributed by atoms with Crippen LogP contribution in [0.1, 0.15) is 18.5 Å². The van der Waals surface area contributed by atoms with Gasteiger partial charge in [0.05, 0.1) is 22.4 Å². The molecule has 1 aliphatic rings. The molecular weight excluding hydrogens is 263 g/mol. The van der Waals surface area contributed by atoms with E-state index in [-0.39, 0.29) is 11.9 Å². The number of aliphatic imine (C=N–C) groups is 1. The highest BCUT2D eigenvalue weighted by molar-refractivity contribution is 6.34. The highest BCUT2D eigenvalue weighted by Crippen LogP contribution is 2.39. The molecule has 1 atom stereocenters. The van der Waals surface area contributed by atoms with E-state index in [1.54, 1.807) is 6.07 Å². The predicted octanol–water partition coefficient (Wildman–Crippen LogP) is 4.74. The first-order valence-electron chi connectivity index (χ1n) is 6.01. The zero-order chi connectivity index (χ0) is 13.4. The van der Waals surface area contributed by atoms with Gasteiger partial charge in [0.15, 0.2) is 0 Å². The molecule has 3 rings (SSSR count). The summed E-state index contributed by atoms with van der Waals surface area (Å²) in [6, 6.07) is 11.9. The summed E-state index contributed by atoms with van der Waals surface area (Å²) in [5.41, 5.74) is 3.34. The summed E-state index contributed by atoms with van der Waals surface area (Å²) in [7, 11) is 0. The van der Waals surface area contributed by atoms with Gasteiger partial charge in [-0.1, -0.05) is 29.8 Å². The minimum atomic E-state index is -0.253. The Kier molecular flexibility index (Phi) is 2.99. The second-order valence-electron chi connectivity index (χ2n) is 4.52. The molecule has 0 saturated heterocycles. The summed E-state index contributed by atoms with van der Waals surface area (Å²) >= 11 is 6.17. The summed E-state index contributed by atoms with van der Waals surface area (Å²) in [5.74, 6) is -0.253. The van der Waals surface area contributed by atoms with Gasteiger partial charge in [-0.3, -0.25) is 4.99 Å². The Balaban J connectivity index is 2.06. The monoisotopic (exact) mass is 274 g/mol. The number of anilines is 1. The number of nitrogens with one attached hydrogen (secondary N) is 1. The fourth-order valence-electron chi connectivity index (χ4n) is 2.26. The van der Waals surface area contributed by atoms with Gasteiger partial charge in [0, 0.05) is 5.71 Å². The molecule has 19 heavy (non-hydrogen) atoms. The first-order chi connectivity index (χ1) is 9.15. The van der Waals surface area contributed by atoms with Crippen molar-refractivity contribution in [1.82, 2.24) is 0 Å². The minimum Gasteiger partial charge on any atom is -0.370 e. The molecule has 0 radical (unpaired) electrons. The van der Waals surface area contributed by atoms with Gasteiger partial charge in [-0.05, 0) is 36.8 Å². The number of halogens is 2. The van der Waals surface area contributed by atoms with Gasteiger partial charge < -0.3 is 5.32 Å². The first kappa shape index (κ1) is 12.2. The maximum absolute atomic E-state index is 13.3. The second kappa shape index (κ2) is 4.67. The van der Waals surface area contributed by atoms with Crippen molar-refractivity contribution in [1.29, 1.82) is 0 Å². The van der Waals surface area contributed by atoms with Crippen LogP contribution in [-0.4, -0.2) is 5.71 Å². The topological polar surface area (TPSA) is 24.4 Å². The van der Waals surface area contributed by atoms with E-state index in [1.165, 1.54) is 12.1 Å². The van der Waals surface area contributed by atoms with E-state index in [9.17, 15) is 4.39 Å². The van der Waals surface area contributed by atoms with E-state index >= 15 is 0 Å². The third-order valence-corrected chi connectivity index (χ3v) is 3.49. The quantitative estimate of drug-likeness (QED) is 0.798. The molecule has 2 aromatic rings. The van der Waals surface area contributed by atoms with Gasteiger partial charge in [-0.25, -0.2) is 4.39 Å². The second-order valence-corrected chi connectivity index (χ2v) is 4.93. The van der Waals surface area contributed by atoms with Crippen LogP contribution in [0.15, 0.2) is 47.5 Å². The van der Waals surface area contributed by atoms with Crippen LogP contribution in [0.2, 0.25) is 5.02 Å². The predicted molar refractivity (Wildman–Crippen MR) is 77.0 cm³/mol. The first-order valence-corrected chi connectivity index (χ1v) is 6.38. The van der Waals surface area contributed by atoms with Gasteiger partial charge in [-0.15, -0.1) is 0 Å². The average molecular weight is 275 g/mol. The zero-order valence-electron chi connectivity index (χ0n) is 10.3. The smallest absolute Gasteiger partial charge is 0.123 e. The Hall–Kier alpha value is -1.87. The van der Waals surface area contributed by atoms with Gasteiger partial charge in [0.25, 0.3) is 0 Å². The number of benzene rings is 2. The SMILES string of the molecule is CC1=Nc2cccc(Cl)c2NC1c1cccc(F)c1. The lowest BCUT2D eigenvalue weighted by Crippen LogP contribution is -2.22. The van der Waals surface area contributed by atoms with Crippen LogP contribution < -0.4 is 5.32 Å². The fraction of sp³-hybridized carbons (Fsp3) is 0.133. The van der Waals surface area contributed by atoms with Crippen LogP contribution in [0, 0.1) is 5.82 Å². The van der Waals surface area contributed by atoms with Crippen molar-refractivity contribution in [3.8, 4) is 0 Å². The Morgan fingerprint density at radius 3 is 2.79 bits per heavy atom. The van der Waals surface area contributed by atoms with Crippen molar-refractivity contribution >= 4 is 28.7 Å². The molecule has 1 N–H and O–H groups in total. The van der Waals surface area contributed by atoms with Crippen molar-refractivity contribution in [2.45, 2.75) is 13.0 Å². The maximum Gasteiger partial charge on any atom is 0.123 e. The Labute approximate surface area is 115 Å². The number of fused-ring (bicyclic) bond motifs is 1. The molecule has 2 nitrogen and oxygen atoms in total. The van der Waals surface area contributed by atoms with E-state index < -0.39 is 0 Å². The van der Waals surface area contributed by atoms with Crippen LogP contribution in [-0.2, 0) is 0 Å². The molecule has 0 amide bonds. The third kappa shape index (κ3) is 2.22. The number of para-hydroxylation sites is 1. The number of nitrogens with zero attached hydrogens (tertiary/aromatic N) is 1. The molecule has 0 spiro atoms. The van der Waals surface area contributed by atoms with E-state index in [0.29, 0.717) is 5.02 Å². The Bertz CT molecular complexity index is 667. The van der Waals surface area contributed by atoms with Gasteiger partial charge in [-0.2, -0.15) is 0 Å². The molecule has 2 aromatic carbocycles. The molecule has 0 aliphatic carbocycles. The van der Waals surface area contributed by atoms with Crippen molar-refractivity contribution < 1.29 is 4.39 Å². The van der Waals surface area contributed by atoms with Gasteiger partial charge in [0.2, 0.25) is 0 Å². The zero-order valence-corrected chi connectivity index (χ0v) is 11.1. The van der Waals surface area contributed by atoms with Crippen LogP contribution in [0.3, 0.4) is 0 Å². The molecule has 0 fully saturated rings.